The van der Waals surface area contributed by atoms with Crippen LogP contribution in [0.1, 0.15) is 43.9 Å². The summed E-state index contributed by atoms with van der Waals surface area (Å²) in [4.78, 5) is 28.4. The predicted octanol–water partition coefficient (Wildman–Crippen LogP) is 5.62. The van der Waals surface area contributed by atoms with Crippen LogP contribution in [0.25, 0.3) is 0 Å². The van der Waals surface area contributed by atoms with Gasteiger partial charge in [-0.15, -0.1) is 0 Å². The average Bonchev–Trinajstić information content (AvgIpc) is 2.92. The predicted molar refractivity (Wildman–Crippen MR) is 156 cm³/mol. The molecular formula is C30H35ClFN3O4S. The largest absolute Gasteiger partial charge is 0.352 e. The van der Waals surface area contributed by atoms with Crippen LogP contribution < -0.4 is 9.62 Å². The zero-order chi connectivity index (χ0) is 29.6. The van der Waals surface area contributed by atoms with Crippen LogP contribution in [0.3, 0.4) is 0 Å². The second-order valence-corrected chi connectivity index (χ2v) is 12.1. The van der Waals surface area contributed by atoms with Crippen LogP contribution in [-0.4, -0.2) is 43.8 Å². The van der Waals surface area contributed by atoms with E-state index in [0.717, 1.165) is 9.87 Å². The second kappa shape index (κ2) is 13.3. The van der Waals surface area contributed by atoms with Gasteiger partial charge >= 0.3 is 0 Å². The van der Waals surface area contributed by atoms with E-state index in [2.05, 4.69) is 5.32 Å². The summed E-state index contributed by atoms with van der Waals surface area (Å²) in [5, 5.41) is 3.23. The third kappa shape index (κ3) is 7.40. The molecule has 0 saturated carbocycles. The van der Waals surface area contributed by atoms with Crippen molar-refractivity contribution in [3.8, 4) is 0 Å². The molecule has 0 unspecified atom stereocenters. The number of nitrogens with zero attached hydrogens (tertiary/aromatic N) is 2. The van der Waals surface area contributed by atoms with E-state index >= 15 is 0 Å². The molecule has 2 amide bonds. The van der Waals surface area contributed by atoms with E-state index in [1.807, 2.05) is 20.8 Å². The third-order valence-electron chi connectivity index (χ3n) is 6.83. The first kappa shape index (κ1) is 31.1. The van der Waals surface area contributed by atoms with Crippen molar-refractivity contribution in [3.63, 3.8) is 0 Å². The van der Waals surface area contributed by atoms with E-state index in [1.54, 1.807) is 44.2 Å². The van der Waals surface area contributed by atoms with Gasteiger partial charge < -0.3 is 10.2 Å². The Hall–Kier alpha value is -3.43. The van der Waals surface area contributed by atoms with E-state index in [1.165, 1.54) is 41.3 Å². The van der Waals surface area contributed by atoms with Crippen molar-refractivity contribution < 1.29 is 22.4 Å². The summed E-state index contributed by atoms with van der Waals surface area (Å²) in [6.45, 7) is 8.28. The number of anilines is 1. The Morgan fingerprint density at radius 2 is 1.60 bits per heavy atom. The molecule has 0 heterocycles. The minimum Gasteiger partial charge on any atom is -0.352 e. The smallest absolute Gasteiger partial charge is 0.264 e. The molecule has 0 spiro atoms. The maximum Gasteiger partial charge on any atom is 0.264 e. The lowest BCUT2D eigenvalue weighted by atomic mass is 10.1. The van der Waals surface area contributed by atoms with E-state index in [-0.39, 0.29) is 29.1 Å². The first-order valence-corrected chi connectivity index (χ1v) is 14.9. The quantitative estimate of drug-likeness (QED) is 0.315. The molecule has 214 valence electrons. The molecule has 0 aliphatic heterocycles. The molecule has 0 saturated heterocycles. The normalized spacial score (nSPS) is 12.9. The Morgan fingerprint density at radius 1 is 0.975 bits per heavy atom. The fourth-order valence-electron chi connectivity index (χ4n) is 4.05. The lowest BCUT2D eigenvalue weighted by Gasteiger charge is -2.33. The van der Waals surface area contributed by atoms with Crippen molar-refractivity contribution in [2.24, 2.45) is 0 Å². The van der Waals surface area contributed by atoms with Gasteiger partial charge in [-0.3, -0.25) is 13.9 Å². The first-order chi connectivity index (χ1) is 18.8. The van der Waals surface area contributed by atoms with Gasteiger partial charge in [-0.25, -0.2) is 12.8 Å². The minimum atomic E-state index is -4.21. The van der Waals surface area contributed by atoms with Gasteiger partial charge in [-0.1, -0.05) is 54.4 Å². The maximum absolute atomic E-state index is 14.0. The number of aryl methyl sites for hydroxylation is 1. The average molecular weight is 588 g/mol. The number of carbonyl (C=O) groups excluding carboxylic acids is 2. The number of nitrogens with one attached hydrogen (secondary N) is 1. The molecule has 7 nitrogen and oxygen atoms in total. The number of carbonyl (C=O) groups is 2. The fourth-order valence-corrected chi connectivity index (χ4v) is 5.69. The summed E-state index contributed by atoms with van der Waals surface area (Å²) < 4.78 is 42.5. The van der Waals surface area contributed by atoms with E-state index < -0.39 is 34.3 Å². The SMILES string of the molecule is CC[C@@H](C)NC(=O)[C@@H](C)N(Cc1ccc(F)cc1)C(=O)CN(c1cccc(Cl)c1C)S(=O)(=O)c1ccc(C)cc1. The van der Waals surface area contributed by atoms with Gasteiger partial charge in [0.1, 0.15) is 18.4 Å². The molecule has 0 aromatic heterocycles. The second-order valence-electron chi connectivity index (χ2n) is 9.85. The lowest BCUT2D eigenvalue weighted by molar-refractivity contribution is -0.139. The van der Waals surface area contributed by atoms with Crippen LogP contribution in [-0.2, 0) is 26.2 Å². The molecule has 3 aromatic rings. The molecule has 3 aromatic carbocycles. The highest BCUT2D eigenvalue weighted by molar-refractivity contribution is 7.92. The van der Waals surface area contributed by atoms with Gasteiger partial charge in [0.2, 0.25) is 11.8 Å². The van der Waals surface area contributed by atoms with E-state index in [0.29, 0.717) is 22.6 Å². The van der Waals surface area contributed by atoms with Crippen molar-refractivity contribution in [2.75, 3.05) is 10.8 Å². The van der Waals surface area contributed by atoms with Crippen LogP contribution in [0.4, 0.5) is 10.1 Å². The standard InChI is InChI=1S/C30H35ClFN3O4S/c1-6-21(3)33-30(37)23(5)34(18-24-12-14-25(32)15-13-24)29(36)19-35(28-9-7-8-27(31)22(28)4)40(38,39)26-16-10-20(2)11-17-26/h7-17,21,23H,6,18-19H2,1-5H3,(H,33,37)/t21-,23-/m1/s1. The number of halogens is 2. The van der Waals surface area contributed by atoms with Crippen LogP contribution in [0, 0.1) is 19.7 Å². The van der Waals surface area contributed by atoms with Crippen molar-refractivity contribution in [2.45, 2.75) is 64.6 Å². The zero-order valence-corrected chi connectivity index (χ0v) is 24.9. The number of sulfonamides is 1. The number of benzene rings is 3. The molecule has 0 bridgehead atoms. The molecule has 3 rings (SSSR count). The van der Waals surface area contributed by atoms with Gasteiger partial charge in [0, 0.05) is 17.6 Å². The summed E-state index contributed by atoms with van der Waals surface area (Å²) in [5.74, 6) is -1.42. The Kier molecular flexibility index (Phi) is 10.3. The first-order valence-electron chi connectivity index (χ1n) is 13.0. The summed E-state index contributed by atoms with van der Waals surface area (Å²) in [7, 11) is -4.21. The van der Waals surface area contributed by atoms with Gasteiger partial charge in [-0.2, -0.15) is 0 Å². The number of hydrogen-bond donors (Lipinski definition) is 1. The monoisotopic (exact) mass is 587 g/mol. The molecule has 10 heteroatoms. The Morgan fingerprint density at radius 3 is 2.20 bits per heavy atom. The highest BCUT2D eigenvalue weighted by atomic mass is 35.5. The van der Waals surface area contributed by atoms with Gasteiger partial charge in [0.15, 0.2) is 0 Å². The molecule has 1 N–H and O–H groups in total. The molecule has 0 fully saturated rings. The maximum atomic E-state index is 14.0. The van der Waals surface area contributed by atoms with Crippen LogP contribution in [0.2, 0.25) is 5.02 Å². The molecule has 0 aliphatic rings. The van der Waals surface area contributed by atoms with Crippen molar-refractivity contribution in [3.05, 3.63) is 94.3 Å². The molecular weight excluding hydrogens is 553 g/mol. The van der Waals surface area contributed by atoms with Crippen molar-refractivity contribution >= 4 is 39.1 Å². The van der Waals surface area contributed by atoms with Gasteiger partial charge in [0.25, 0.3) is 10.0 Å². The highest BCUT2D eigenvalue weighted by Crippen LogP contribution is 2.31. The zero-order valence-electron chi connectivity index (χ0n) is 23.3. The number of rotatable bonds is 11. The van der Waals surface area contributed by atoms with E-state index in [4.69, 9.17) is 11.6 Å². The molecule has 40 heavy (non-hydrogen) atoms. The summed E-state index contributed by atoms with van der Waals surface area (Å²) in [5.41, 5.74) is 2.21. The van der Waals surface area contributed by atoms with Gasteiger partial charge in [-0.05, 0) is 81.6 Å². The Bertz CT molecular complexity index is 1450. The van der Waals surface area contributed by atoms with Crippen molar-refractivity contribution in [1.82, 2.24) is 10.2 Å². The third-order valence-corrected chi connectivity index (χ3v) is 9.01. The highest BCUT2D eigenvalue weighted by Gasteiger charge is 2.33. The Balaban J connectivity index is 2.06. The summed E-state index contributed by atoms with van der Waals surface area (Å²) >= 11 is 6.35. The summed E-state index contributed by atoms with van der Waals surface area (Å²) in [6, 6.07) is 15.7. The van der Waals surface area contributed by atoms with Crippen LogP contribution in [0.15, 0.2) is 71.6 Å². The number of amides is 2. The number of hydrogen-bond acceptors (Lipinski definition) is 4. The molecule has 2 atom stereocenters. The van der Waals surface area contributed by atoms with E-state index in [9.17, 15) is 22.4 Å². The van der Waals surface area contributed by atoms with Crippen LogP contribution >= 0.6 is 11.6 Å². The lowest BCUT2D eigenvalue weighted by Crippen LogP contribution is -2.52. The fraction of sp³-hybridized carbons (Fsp3) is 0.333. The minimum absolute atomic E-state index is 0.0120. The van der Waals surface area contributed by atoms with Crippen molar-refractivity contribution in [1.29, 1.82) is 0 Å². The Labute approximate surface area is 241 Å². The summed E-state index contributed by atoms with van der Waals surface area (Å²) in [6.07, 6.45) is 0.695. The topological polar surface area (TPSA) is 86.8 Å². The molecule has 0 aliphatic carbocycles. The molecule has 0 radical (unpaired) electrons. The van der Waals surface area contributed by atoms with Gasteiger partial charge in [0.05, 0.1) is 10.6 Å². The van der Waals surface area contributed by atoms with Crippen LogP contribution in [0.5, 0.6) is 0 Å².